The monoisotopic (exact) mass is 326 g/mol. The minimum absolute atomic E-state index is 0.317. The van der Waals surface area contributed by atoms with Crippen molar-refractivity contribution in [3.05, 3.63) is 60.2 Å². The van der Waals surface area contributed by atoms with E-state index in [4.69, 9.17) is 4.74 Å². The summed E-state index contributed by atoms with van der Waals surface area (Å²) in [6.45, 7) is 5.17. The molecule has 24 heavy (non-hydrogen) atoms. The lowest BCUT2D eigenvalue weighted by atomic mass is 9.95. The van der Waals surface area contributed by atoms with E-state index in [0.717, 1.165) is 17.7 Å². The largest absolute Gasteiger partial charge is 0.439 e. The number of hydrogen-bond donors (Lipinski definition) is 1. The van der Waals surface area contributed by atoms with Crippen LogP contribution in [0.4, 0.5) is 4.79 Å². The highest BCUT2D eigenvalue weighted by molar-refractivity contribution is 5.68. The van der Waals surface area contributed by atoms with E-state index in [1.54, 1.807) is 11.9 Å². The van der Waals surface area contributed by atoms with Crippen molar-refractivity contribution < 1.29 is 9.53 Å². The van der Waals surface area contributed by atoms with Crippen molar-refractivity contribution in [2.75, 3.05) is 27.2 Å². The summed E-state index contributed by atoms with van der Waals surface area (Å²) in [6.07, 6.45) is -0.317. The Morgan fingerprint density at radius 1 is 1.04 bits per heavy atom. The van der Waals surface area contributed by atoms with Gasteiger partial charge in [-0.2, -0.15) is 0 Å². The minimum Gasteiger partial charge on any atom is -0.439 e. The zero-order valence-corrected chi connectivity index (χ0v) is 14.9. The molecule has 0 unspecified atom stereocenters. The molecular formula is C20H26N2O2. The first-order chi connectivity index (χ1) is 11.4. The zero-order valence-electron chi connectivity index (χ0n) is 14.9. The van der Waals surface area contributed by atoms with E-state index in [1.807, 2.05) is 51.2 Å². The van der Waals surface area contributed by atoms with Gasteiger partial charge in [-0.05, 0) is 37.6 Å². The summed E-state index contributed by atoms with van der Waals surface area (Å²) in [4.78, 5) is 13.8. The second kappa shape index (κ2) is 7.97. The van der Waals surface area contributed by atoms with Crippen LogP contribution < -0.4 is 5.32 Å². The highest BCUT2D eigenvalue weighted by Gasteiger charge is 2.26. The summed E-state index contributed by atoms with van der Waals surface area (Å²) in [7, 11) is 3.60. The van der Waals surface area contributed by atoms with Gasteiger partial charge in [0.05, 0.1) is 0 Å². The van der Waals surface area contributed by atoms with Crippen LogP contribution in [-0.4, -0.2) is 38.2 Å². The maximum Gasteiger partial charge on any atom is 0.410 e. The number of carbonyl (C=O) groups is 1. The molecular weight excluding hydrogens is 300 g/mol. The van der Waals surface area contributed by atoms with Crippen molar-refractivity contribution in [1.29, 1.82) is 0 Å². The van der Waals surface area contributed by atoms with Crippen molar-refractivity contribution >= 4 is 6.09 Å². The quantitative estimate of drug-likeness (QED) is 0.876. The molecule has 0 saturated heterocycles. The fourth-order valence-electron chi connectivity index (χ4n) is 2.42. The number of rotatable bonds is 6. The molecule has 4 heteroatoms. The summed E-state index contributed by atoms with van der Waals surface area (Å²) in [5.41, 5.74) is 2.61. The number of ether oxygens (including phenoxy) is 1. The van der Waals surface area contributed by atoms with Gasteiger partial charge in [-0.15, -0.1) is 0 Å². The predicted molar refractivity (Wildman–Crippen MR) is 97.9 cm³/mol. The van der Waals surface area contributed by atoms with E-state index in [1.165, 1.54) is 5.56 Å². The van der Waals surface area contributed by atoms with Gasteiger partial charge in [0.15, 0.2) is 0 Å². The topological polar surface area (TPSA) is 41.6 Å². The molecule has 2 aromatic carbocycles. The molecule has 0 heterocycles. The maximum absolute atomic E-state index is 12.2. The molecule has 0 fully saturated rings. The van der Waals surface area contributed by atoms with Crippen LogP contribution in [0.25, 0.3) is 11.1 Å². The summed E-state index contributed by atoms with van der Waals surface area (Å²) in [5.74, 6) is 0. The lowest BCUT2D eigenvalue weighted by Crippen LogP contribution is -2.37. The van der Waals surface area contributed by atoms with Crippen molar-refractivity contribution in [2.45, 2.75) is 19.4 Å². The van der Waals surface area contributed by atoms with Crippen LogP contribution in [0.1, 0.15) is 19.4 Å². The van der Waals surface area contributed by atoms with E-state index in [2.05, 4.69) is 29.6 Å². The Morgan fingerprint density at radius 2 is 1.62 bits per heavy atom. The number of hydrogen-bond acceptors (Lipinski definition) is 3. The van der Waals surface area contributed by atoms with E-state index >= 15 is 0 Å². The minimum atomic E-state index is -0.680. The van der Waals surface area contributed by atoms with Gasteiger partial charge in [-0.1, -0.05) is 54.6 Å². The summed E-state index contributed by atoms with van der Waals surface area (Å²) in [5, 5.41) is 3.02. The third kappa shape index (κ3) is 4.59. The average molecular weight is 326 g/mol. The van der Waals surface area contributed by atoms with Gasteiger partial charge in [0.2, 0.25) is 0 Å². The molecule has 0 spiro atoms. The van der Waals surface area contributed by atoms with Crippen LogP contribution in [-0.2, 0) is 10.3 Å². The lowest BCUT2D eigenvalue weighted by Gasteiger charge is -2.28. The van der Waals surface area contributed by atoms with Gasteiger partial charge in [0, 0.05) is 20.1 Å². The van der Waals surface area contributed by atoms with Gasteiger partial charge in [-0.25, -0.2) is 4.79 Å². The Labute approximate surface area is 144 Å². The van der Waals surface area contributed by atoms with Gasteiger partial charge in [0.25, 0.3) is 0 Å². The molecule has 128 valence electrons. The van der Waals surface area contributed by atoms with Gasteiger partial charge in [0.1, 0.15) is 5.60 Å². The Balaban J connectivity index is 2.07. The van der Waals surface area contributed by atoms with Crippen molar-refractivity contribution in [2.24, 2.45) is 0 Å². The number of nitrogens with one attached hydrogen (secondary N) is 1. The molecule has 0 aliphatic carbocycles. The van der Waals surface area contributed by atoms with Gasteiger partial charge in [-0.3, -0.25) is 0 Å². The molecule has 0 aliphatic rings. The molecule has 0 saturated carbocycles. The van der Waals surface area contributed by atoms with Gasteiger partial charge >= 0.3 is 6.09 Å². The molecule has 4 nitrogen and oxygen atoms in total. The number of amides is 1. The Morgan fingerprint density at radius 3 is 2.21 bits per heavy atom. The van der Waals surface area contributed by atoms with Crippen LogP contribution in [0.2, 0.25) is 0 Å². The molecule has 0 aliphatic heterocycles. The van der Waals surface area contributed by atoms with Crippen LogP contribution in [0.3, 0.4) is 0 Å². The Bertz CT molecular complexity index is 651. The molecule has 2 rings (SSSR count). The van der Waals surface area contributed by atoms with Crippen molar-refractivity contribution in [3.8, 4) is 11.1 Å². The van der Waals surface area contributed by atoms with Gasteiger partial charge < -0.3 is 15.0 Å². The molecule has 0 atom stereocenters. The summed E-state index contributed by atoms with van der Waals surface area (Å²) >= 11 is 0. The smallest absolute Gasteiger partial charge is 0.410 e. The van der Waals surface area contributed by atoms with Crippen LogP contribution in [0.5, 0.6) is 0 Å². The molecule has 1 N–H and O–H groups in total. The molecule has 0 aromatic heterocycles. The van der Waals surface area contributed by atoms with Crippen LogP contribution in [0, 0.1) is 0 Å². The Kier molecular flexibility index (Phi) is 5.99. The van der Waals surface area contributed by atoms with Crippen LogP contribution >= 0.6 is 0 Å². The second-order valence-corrected chi connectivity index (χ2v) is 6.35. The average Bonchev–Trinajstić information content (AvgIpc) is 2.60. The normalized spacial score (nSPS) is 11.2. The SMILES string of the molecule is CNCCN(C)C(=O)OC(C)(C)c1ccc(-c2ccccc2)cc1. The fraction of sp³-hybridized carbons (Fsp3) is 0.350. The highest BCUT2D eigenvalue weighted by atomic mass is 16.6. The first-order valence-electron chi connectivity index (χ1n) is 8.19. The second-order valence-electron chi connectivity index (χ2n) is 6.35. The molecule has 0 radical (unpaired) electrons. The number of likely N-dealkylation sites (N-methyl/N-ethyl adjacent to an activating group) is 2. The zero-order chi connectivity index (χ0) is 17.6. The predicted octanol–water partition coefficient (Wildman–Crippen LogP) is 3.88. The summed E-state index contributed by atoms with van der Waals surface area (Å²) < 4.78 is 5.69. The number of nitrogens with zero attached hydrogens (tertiary/aromatic N) is 1. The van der Waals surface area contributed by atoms with E-state index < -0.39 is 5.60 Å². The lowest BCUT2D eigenvalue weighted by molar-refractivity contribution is 0.0155. The standard InChI is InChI=1S/C20H26N2O2/c1-20(2,24-19(23)22(4)15-14-21-3)18-12-10-17(11-13-18)16-8-6-5-7-9-16/h5-13,21H,14-15H2,1-4H3. The molecule has 0 bridgehead atoms. The maximum atomic E-state index is 12.2. The molecule has 1 amide bonds. The van der Waals surface area contributed by atoms with Crippen molar-refractivity contribution in [1.82, 2.24) is 10.2 Å². The first kappa shape index (κ1) is 18.0. The fourth-order valence-corrected chi connectivity index (χ4v) is 2.42. The number of carbonyl (C=O) groups excluding carboxylic acids is 1. The summed E-state index contributed by atoms with van der Waals surface area (Å²) in [6, 6.07) is 18.4. The third-order valence-electron chi connectivity index (χ3n) is 4.04. The van der Waals surface area contributed by atoms with E-state index in [0.29, 0.717) is 6.54 Å². The third-order valence-corrected chi connectivity index (χ3v) is 4.04. The number of benzene rings is 2. The highest BCUT2D eigenvalue weighted by Crippen LogP contribution is 2.28. The van der Waals surface area contributed by atoms with Crippen LogP contribution in [0.15, 0.2) is 54.6 Å². The molecule has 2 aromatic rings. The Hall–Kier alpha value is -2.33. The van der Waals surface area contributed by atoms with E-state index in [-0.39, 0.29) is 6.09 Å². The van der Waals surface area contributed by atoms with E-state index in [9.17, 15) is 4.79 Å². The first-order valence-corrected chi connectivity index (χ1v) is 8.19. The van der Waals surface area contributed by atoms with Crippen molar-refractivity contribution in [3.63, 3.8) is 0 Å².